The van der Waals surface area contributed by atoms with Gasteiger partial charge in [0.1, 0.15) is 11.0 Å². The number of benzene rings is 3. The lowest BCUT2D eigenvalue weighted by molar-refractivity contribution is -0.124. The first kappa shape index (κ1) is 23.2. The van der Waals surface area contributed by atoms with E-state index in [1.54, 1.807) is 45.0 Å². The minimum atomic E-state index is -1.33. The van der Waals surface area contributed by atoms with Crippen LogP contribution >= 0.6 is 0 Å². The Balaban J connectivity index is 1.58. The van der Waals surface area contributed by atoms with Crippen molar-refractivity contribution in [1.29, 1.82) is 0 Å². The summed E-state index contributed by atoms with van der Waals surface area (Å²) in [7, 11) is 0. The van der Waals surface area contributed by atoms with E-state index in [0.717, 1.165) is 21.7 Å². The van der Waals surface area contributed by atoms with Crippen LogP contribution in [0.3, 0.4) is 0 Å². The first-order valence-electron chi connectivity index (χ1n) is 12.6. The highest BCUT2D eigenvalue weighted by Crippen LogP contribution is 2.58. The summed E-state index contributed by atoms with van der Waals surface area (Å²) in [4.78, 5) is 43.5. The molecule has 186 valence electrons. The zero-order valence-electron chi connectivity index (χ0n) is 21.0. The lowest BCUT2D eigenvalue weighted by Gasteiger charge is -2.43. The second-order valence-electron chi connectivity index (χ2n) is 10.8. The Hall–Kier alpha value is -4.19. The van der Waals surface area contributed by atoms with Crippen molar-refractivity contribution < 1.29 is 19.1 Å². The van der Waals surface area contributed by atoms with Gasteiger partial charge in [0.05, 0.1) is 11.7 Å². The largest absolute Gasteiger partial charge is 0.443 e. The number of hydrogen-bond donors (Lipinski definition) is 1. The van der Waals surface area contributed by atoms with Gasteiger partial charge in [0.2, 0.25) is 5.91 Å². The SMILES string of the molecule is CC(C)(C)OC(=O)N1C(=O)C2(c3ccccc31)C(C(=O)c1ccccc1)CC=C1c3ccccc3NC12. The molecule has 6 rings (SSSR count). The standard InChI is InChI=1S/C31H28N2O4/c1-30(2,3)37-29(36)33-25-16-10-8-14-22(25)31(28(33)35)23(26(34)19-11-5-4-6-12-19)18-17-21-20-13-7-9-15-24(20)32-27(21)31/h4-17,23,27,32H,18H2,1-3H3. The molecule has 2 heterocycles. The number of amides is 2. The summed E-state index contributed by atoms with van der Waals surface area (Å²) in [5.74, 6) is -1.28. The first-order valence-corrected chi connectivity index (χ1v) is 12.6. The van der Waals surface area contributed by atoms with Crippen LogP contribution in [0.1, 0.15) is 48.7 Å². The number of nitrogens with zero attached hydrogens (tertiary/aromatic N) is 1. The van der Waals surface area contributed by atoms with Gasteiger partial charge < -0.3 is 10.1 Å². The Bertz CT molecular complexity index is 1470. The highest BCUT2D eigenvalue weighted by atomic mass is 16.6. The highest BCUT2D eigenvalue weighted by Gasteiger charge is 2.66. The number of carbonyl (C=O) groups excluding carboxylic acids is 3. The van der Waals surface area contributed by atoms with E-state index >= 15 is 0 Å². The van der Waals surface area contributed by atoms with Gasteiger partial charge in [-0.15, -0.1) is 0 Å². The summed E-state index contributed by atoms with van der Waals surface area (Å²) in [5, 5.41) is 3.56. The molecule has 0 radical (unpaired) electrons. The zero-order valence-corrected chi connectivity index (χ0v) is 21.0. The molecule has 0 saturated carbocycles. The molecule has 0 fully saturated rings. The summed E-state index contributed by atoms with van der Waals surface area (Å²) < 4.78 is 5.68. The molecular formula is C31H28N2O4. The third-order valence-electron chi connectivity index (χ3n) is 7.53. The molecule has 0 bridgehead atoms. The second-order valence-corrected chi connectivity index (χ2v) is 10.8. The molecule has 37 heavy (non-hydrogen) atoms. The number of rotatable bonds is 2. The number of imide groups is 1. The number of para-hydroxylation sites is 2. The van der Waals surface area contributed by atoms with E-state index in [-0.39, 0.29) is 5.78 Å². The number of carbonyl (C=O) groups is 3. The molecule has 0 saturated heterocycles. The summed E-state index contributed by atoms with van der Waals surface area (Å²) in [6, 6.07) is 23.8. The molecule has 6 heteroatoms. The Labute approximate surface area is 215 Å². The van der Waals surface area contributed by atoms with Crippen molar-refractivity contribution in [3.05, 3.63) is 102 Å². The Kier molecular flexibility index (Phi) is 5.13. The molecule has 0 aromatic heterocycles. The van der Waals surface area contributed by atoms with Crippen LogP contribution in [0.5, 0.6) is 0 Å². The zero-order chi connectivity index (χ0) is 25.9. The number of hydrogen-bond acceptors (Lipinski definition) is 5. The van der Waals surface area contributed by atoms with Gasteiger partial charge in [0, 0.05) is 22.7 Å². The van der Waals surface area contributed by atoms with Crippen molar-refractivity contribution in [2.45, 2.75) is 44.2 Å². The van der Waals surface area contributed by atoms with E-state index in [2.05, 4.69) is 11.4 Å². The maximum Gasteiger partial charge on any atom is 0.421 e. The topological polar surface area (TPSA) is 75.7 Å². The van der Waals surface area contributed by atoms with Gasteiger partial charge in [-0.25, -0.2) is 9.69 Å². The average molecular weight is 493 g/mol. The molecule has 3 aromatic rings. The van der Waals surface area contributed by atoms with E-state index in [9.17, 15) is 14.4 Å². The minimum Gasteiger partial charge on any atom is -0.443 e. The molecule has 2 aliphatic heterocycles. The second kappa shape index (κ2) is 8.17. The number of Topliss-reactive ketones (excluding diaryl/α,β-unsaturated/α-hetero) is 1. The molecule has 3 aromatic carbocycles. The fourth-order valence-corrected chi connectivity index (χ4v) is 6.12. The van der Waals surface area contributed by atoms with Gasteiger partial charge in [-0.05, 0) is 50.5 Å². The molecule has 1 N–H and O–H groups in total. The third kappa shape index (κ3) is 3.35. The van der Waals surface area contributed by atoms with Crippen LogP contribution in [0.25, 0.3) is 5.57 Å². The van der Waals surface area contributed by atoms with Gasteiger partial charge in [-0.2, -0.15) is 0 Å². The molecular weight excluding hydrogens is 464 g/mol. The number of anilines is 2. The lowest BCUT2D eigenvalue weighted by Crippen LogP contribution is -2.59. The van der Waals surface area contributed by atoms with Crippen LogP contribution in [0.2, 0.25) is 0 Å². The van der Waals surface area contributed by atoms with Gasteiger partial charge in [0.15, 0.2) is 5.78 Å². The first-order chi connectivity index (χ1) is 17.7. The molecule has 3 unspecified atom stereocenters. The van der Waals surface area contributed by atoms with Crippen LogP contribution in [-0.4, -0.2) is 29.4 Å². The Morgan fingerprint density at radius 1 is 0.946 bits per heavy atom. The lowest BCUT2D eigenvalue weighted by atomic mass is 9.58. The number of allylic oxidation sites excluding steroid dienone is 1. The molecule has 1 aliphatic carbocycles. The molecule has 3 atom stereocenters. The summed E-state index contributed by atoms with van der Waals surface area (Å²) in [6.45, 7) is 5.31. The monoisotopic (exact) mass is 492 g/mol. The minimum absolute atomic E-state index is 0.122. The van der Waals surface area contributed by atoms with Crippen molar-refractivity contribution in [3.63, 3.8) is 0 Å². The molecule has 3 aliphatic rings. The van der Waals surface area contributed by atoms with Gasteiger partial charge in [-0.1, -0.05) is 72.8 Å². The van der Waals surface area contributed by atoms with Gasteiger partial charge in [0.25, 0.3) is 0 Å². The number of ketones is 1. The number of nitrogens with one attached hydrogen (secondary N) is 1. The number of fused-ring (bicyclic) bond motifs is 6. The summed E-state index contributed by atoms with van der Waals surface area (Å²) in [5.41, 5.74) is 2.44. The Morgan fingerprint density at radius 3 is 2.38 bits per heavy atom. The van der Waals surface area contributed by atoms with E-state index < -0.39 is 35.0 Å². The van der Waals surface area contributed by atoms with Crippen LogP contribution < -0.4 is 10.2 Å². The smallest absolute Gasteiger partial charge is 0.421 e. The fourth-order valence-electron chi connectivity index (χ4n) is 6.12. The third-order valence-corrected chi connectivity index (χ3v) is 7.53. The predicted octanol–water partition coefficient (Wildman–Crippen LogP) is 5.99. The van der Waals surface area contributed by atoms with Crippen molar-refractivity contribution >= 4 is 34.7 Å². The molecule has 6 nitrogen and oxygen atoms in total. The van der Waals surface area contributed by atoms with Crippen molar-refractivity contribution in [3.8, 4) is 0 Å². The van der Waals surface area contributed by atoms with E-state index in [0.29, 0.717) is 23.2 Å². The summed E-state index contributed by atoms with van der Waals surface area (Å²) in [6.07, 6.45) is 1.71. The highest BCUT2D eigenvalue weighted by molar-refractivity contribution is 6.25. The maximum absolute atomic E-state index is 14.7. The van der Waals surface area contributed by atoms with Crippen LogP contribution in [0.4, 0.5) is 16.2 Å². The average Bonchev–Trinajstić information content (AvgIpc) is 3.38. The Morgan fingerprint density at radius 2 is 1.62 bits per heavy atom. The molecule has 2 amide bonds. The van der Waals surface area contributed by atoms with E-state index in [1.165, 1.54) is 0 Å². The van der Waals surface area contributed by atoms with Crippen LogP contribution in [0, 0.1) is 5.92 Å². The fraction of sp³-hybridized carbons (Fsp3) is 0.258. The molecule has 1 spiro atoms. The normalized spacial score (nSPS) is 23.6. The van der Waals surface area contributed by atoms with Crippen molar-refractivity contribution in [1.82, 2.24) is 0 Å². The summed E-state index contributed by atoms with van der Waals surface area (Å²) >= 11 is 0. The quantitative estimate of drug-likeness (QED) is 0.445. The van der Waals surface area contributed by atoms with Gasteiger partial charge >= 0.3 is 6.09 Å². The van der Waals surface area contributed by atoms with Crippen LogP contribution in [0.15, 0.2) is 84.9 Å². The van der Waals surface area contributed by atoms with E-state index in [4.69, 9.17) is 4.74 Å². The van der Waals surface area contributed by atoms with Gasteiger partial charge in [-0.3, -0.25) is 9.59 Å². The van der Waals surface area contributed by atoms with Crippen LogP contribution in [-0.2, 0) is 14.9 Å². The van der Waals surface area contributed by atoms with Crippen molar-refractivity contribution in [2.24, 2.45) is 5.92 Å². The maximum atomic E-state index is 14.7. The predicted molar refractivity (Wildman–Crippen MR) is 143 cm³/mol. The van der Waals surface area contributed by atoms with Crippen molar-refractivity contribution in [2.75, 3.05) is 10.2 Å². The van der Waals surface area contributed by atoms with E-state index in [1.807, 2.05) is 54.6 Å². The number of ether oxygens (including phenoxy) is 1.